The average Bonchev–Trinajstić information content (AvgIpc) is 3.03. The van der Waals surface area contributed by atoms with Gasteiger partial charge in [-0.3, -0.25) is 4.90 Å². The zero-order valence-electron chi connectivity index (χ0n) is 10.1. The molecule has 2 nitrogen and oxygen atoms in total. The van der Waals surface area contributed by atoms with Crippen LogP contribution in [0.3, 0.4) is 0 Å². The summed E-state index contributed by atoms with van der Waals surface area (Å²) in [5, 5.41) is 0. The van der Waals surface area contributed by atoms with E-state index in [0.29, 0.717) is 6.04 Å². The zero-order chi connectivity index (χ0) is 10.7. The van der Waals surface area contributed by atoms with Gasteiger partial charge in [0.25, 0.3) is 0 Å². The number of nitrogens with two attached hydrogens (primary N) is 1. The predicted octanol–water partition coefficient (Wildman–Crippen LogP) is 2.52. The number of hydrogen-bond acceptors (Lipinski definition) is 2. The minimum atomic E-state index is 0.478. The molecule has 0 saturated heterocycles. The molecule has 0 heterocycles. The van der Waals surface area contributed by atoms with Crippen molar-refractivity contribution in [3.63, 3.8) is 0 Å². The van der Waals surface area contributed by atoms with Crippen LogP contribution in [-0.2, 0) is 0 Å². The lowest BCUT2D eigenvalue weighted by Crippen LogP contribution is -2.44. The first-order valence-corrected chi connectivity index (χ1v) is 6.82. The van der Waals surface area contributed by atoms with Gasteiger partial charge in [0.1, 0.15) is 0 Å². The standard InChI is InChI=1S/C13H26N2/c1-2-3-9-15(12-7-8-12)13-6-4-5-11(14)10-13/h11-13H,2-10,14H2,1H3. The fourth-order valence-corrected chi connectivity index (χ4v) is 2.91. The molecule has 0 amide bonds. The monoisotopic (exact) mass is 210 g/mol. The average molecular weight is 210 g/mol. The molecule has 2 unspecified atom stereocenters. The highest BCUT2D eigenvalue weighted by Crippen LogP contribution is 2.33. The molecule has 0 aromatic carbocycles. The van der Waals surface area contributed by atoms with Gasteiger partial charge in [0.05, 0.1) is 0 Å². The molecule has 0 aliphatic heterocycles. The van der Waals surface area contributed by atoms with Crippen LogP contribution in [0.2, 0.25) is 0 Å². The van der Waals surface area contributed by atoms with E-state index in [1.807, 2.05) is 0 Å². The number of hydrogen-bond donors (Lipinski definition) is 1. The van der Waals surface area contributed by atoms with Gasteiger partial charge in [-0.25, -0.2) is 0 Å². The Morgan fingerprint density at radius 3 is 2.53 bits per heavy atom. The summed E-state index contributed by atoms with van der Waals surface area (Å²) in [7, 11) is 0. The summed E-state index contributed by atoms with van der Waals surface area (Å²) in [4.78, 5) is 2.78. The van der Waals surface area contributed by atoms with E-state index in [9.17, 15) is 0 Å². The smallest absolute Gasteiger partial charge is 0.0113 e. The minimum Gasteiger partial charge on any atom is -0.328 e. The van der Waals surface area contributed by atoms with Crippen LogP contribution in [0.4, 0.5) is 0 Å². The molecule has 2 atom stereocenters. The lowest BCUT2D eigenvalue weighted by Gasteiger charge is -2.36. The SMILES string of the molecule is CCCCN(C1CC1)C1CCCC(N)C1. The number of rotatable bonds is 5. The van der Waals surface area contributed by atoms with Crippen molar-refractivity contribution >= 4 is 0 Å². The van der Waals surface area contributed by atoms with Gasteiger partial charge in [0.15, 0.2) is 0 Å². The first kappa shape index (κ1) is 11.4. The molecule has 2 rings (SSSR count). The van der Waals surface area contributed by atoms with E-state index in [2.05, 4.69) is 11.8 Å². The number of nitrogens with zero attached hydrogens (tertiary/aromatic N) is 1. The largest absolute Gasteiger partial charge is 0.328 e. The van der Waals surface area contributed by atoms with Crippen LogP contribution in [0, 0.1) is 0 Å². The first-order chi connectivity index (χ1) is 7.31. The maximum Gasteiger partial charge on any atom is 0.0113 e. The Hall–Kier alpha value is -0.0800. The quantitative estimate of drug-likeness (QED) is 0.755. The molecule has 2 aliphatic rings. The van der Waals surface area contributed by atoms with E-state index < -0.39 is 0 Å². The molecule has 2 fully saturated rings. The lowest BCUT2D eigenvalue weighted by atomic mass is 9.90. The van der Waals surface area contributed by atoms with E-state index in [1.165, 1.54) is 57.9 Å². The highest BCUT2D eigenvalue weighted by Gasteiger charge is 2.34. The normalized spacial score (nSPS) is 32.2. The summed E-state index contributed by atoms with van der Waals surface area (Å²) in [5.41, 5.74) is 6.09. The third-order valence-electron chi connectivity index (χ3n) is 3.94. The van der Waals surface area contributed by atoms with Crippen molar-refractivity contribution < 1.29 is 0 Å². The van der Waals surface area contributed by atoms with Crippen molar-refractivity contribution in [1.82, 2.24) is 4.90 Å². The van der Waals surface area contributed by atoms with E-state index >= 15 is 0 Å². The van der Waals surface area contributed by atoms with Crippen molar-refractivity contribution in [2.24, 2.45) is 5.73 Å². The Balaban J connectivity index is 1.85. The molecule has 2 saturated carbocycles. The van der Waals surface area contributed by atoms with Gasteiger partial charge >= 0.3 is 0 Å². The fraction of sp³-hybridized carbons (Fsp3) is 1.00. The Labute approximate surface area is 94.2 Å². The van der Waals surface area contributed by atoms with Crippen LogP contribution in [0.5, 0.6) is 0 Å². The molecule has 0 radical (unpaired) electrons. The molecular formula is C13H26N2. The van der Waals surface area contributed by atoms with Gasteiger partial charge in [-0.1, -0.05) is 19.8 Å². The van der Waals surface area contributed by atoms with Gasteiger partial charge in [-0.15, -0.1) is 0 Å². The van der Waals surface area contributed by atoms with Gasteiger partial charge in [0, 0.05) is 18.1 Å². The van der Waals surface area contributed by atoms with Crippen LogP contribution in [0.15, 0.2) is 0 Å². The molecule has 0 aromatic rings. The van der Waals surface area contributed by atoms with Crippen molar-refractivity contribution in [3.8, 4) is 0 Å². The maximum atomic E-state index is 6.09. The Morgan fingerprint density at radius 2 is 1.93 bits per heavy atom. The van der Waals surface area contributed by atoms with E-state index in [4.69, 9.17) is 5.73 Å². The predicted molar refractivity (Wildman–Crippen MR) is 64.9 cm³/mol. The molecule has 2 aliphatic carbocycles. The van der Waals surface area contributed by atoms with E-state index in [0.717, 1.165) is 12.1 Å². The van der Waals surface area contributed by atoms with E-state index in [1.54, 1.807) is 0 Å². The highest BCUT2D eigenvalue weighted by molar-refractivity contribution is 4.91. The summed E-state index contributed by atoms with van der Waals surface area (Å²) in [6.07, 6.45) is 10.8. The second-order valence-electron chi connectivity index (χ2n) is 5.40. The third-order valence-corrected chi connectivity index (χ3v) is 3.94. The van der Waals surface area contributed by atoms with Crippen LogP contribution in [0.25, 0.3) is 0 Å². The van der Waals surface area contributed by atoms with Gasteiger partial charge in [-0.2, -0.15) is 0 Å². The molecule has 88 valence electrons. The van der Waals surface area contributed by atoms with Crippen LogP contribution in [0.1, 0.15) is 58.3 Å². The molecular weight excluding hydrogens is 184 g/mol. The molecule has 0 aromatic heterocycles. The summed E-state index contributed by atoms with van der Waals surface area (Å²) in [5.74, 6) is 0. The second kappa shape index (κ2) is 5.31. The topological polar surface area (TPSA) is 29.3 Å². The Morgan fingerprint density at radius 1 is 1.13 bits per heavy atom. The van der Waals surface area contributed by atoms with Crippen LogP contribution >= 0.6 is 0 Å². The van der Waals surface area contributed by atoms with Gasteiger partial charge in [-0.05, 0) is 45.1 Å². The van der Waals surface area contributed by atoms with Crippen LogP contribution in [-0.4, -0.2) is 29.6 Å². The lowest BCUT2D eigenvalue weighted by molar-refractivity contribution is 0.137. The minimum absolute atomic E-state index is 0.478. The molecule has 0 bridgehead atoms. The molecule has 15 heavy (non-hydrogen) atoms. The molecule has 2 N–H and O–H groups in total. The molecule has 0 spiro atoms. The summed E-state index contributed by atoms with van der Waals surface area (Å²) in [6, 6.07) is 2.21. The summed E-state index contributed by atoms with van der Waals surface area (Å²) < 4.78 is 0. The van der Waals surface area contributed by atoms with Crippen LogP contribution < -0.4 is 5.73 Å². The second-order valence-corrected chi connectivity index (χ2v) is 5.40. The van der Waals surface area contributed by atoms with Crippen molar-refractivity contribution in [1.29, 1.82) is 0 Å². The van der Waals surface area contributed by atoms with Crippen molar-refractivity contribution in [3.05, 3.63) is 0 Å². The number of unbranched alkanes of at least 4 members (excludes halogenated alkanes) is 1. The fourth-order valence-electron chi connectivity index (χ4n) is 2.91. The molecule has 2 heteroatoms. The van der Waals surface area contributed by atoms with Gasteiger partial charge in [0.2, 0.25) is 0 Å². The Kier molecular flexibility index (Phi) is 4.04. The highest BCUT2D eigenvalue weighted by atomic mass is 15.2. The third kappa shape index (κ3) is 3.18. The van der Waals surface area contributed by atoms with Gasteiger partial charge < -0.3 is 5.73 Å². The van der Waals surface area contributed by atoms with Crippen molar-refractivity contribution in [2.45, 2.75) is 76.4 Å². The first-order valence-electron chi connectivity index (χ1n) is 6.82. The summed E-state index contributed by atoms with van der Waals surface area (Å²) in [6.45, 7) is 3.61. The maximum absolute atomic E-state index is 6.09. The van der Waals surface area contributed by atoms with E-state index in [-0.39, 0.29) is 0 Å². The zero-order valence-corrected chi connectivity index (χ0v) is 10.1. The summed E-state index contributed by atoms with van der Waals surface area (Å²) >= 11 is 0. The van der Waals surface area contributed by atoms with Crippen molar-refractivity contribution in [2.75, 3.05) is 6.54 Å². The Bertz CT molecular complexity index is 189.